The molecular weight excluding hydrogens is 320 g/mol. The van der Waals surface area contributed by atoms with Crippen LogP contribution in [0.2, 0.25) is 0 Å². The lowest BCUT2D eigenvalue weighted by atomic mass is 10.2. The Balaban J connectivity index is 2.22. The average molecular weight is 338 g/mol. The molecule has 0 saturated heterocycles. The van der Waals surface area contributed by atoms with Gasteiger partial charge in [0.2, 0.25) is 11.8 Å². The molecule has 8 heteroatoms. The minimum absolute atomic E-state index is 0.184. The van der Waals surface area contributed by atoms with Crippen molar-refractivity contribution in [3.63, 3.8) is 0 Å². The number of rotatable bonds is 4. The van der Waals surface area contributed by atoms with Crippen LogP contribution in [0, 0.1) is 13.8 Å². The molecule has 0 aliphatic heterocycles. The van der Waals surface area contributed by atoms with Crippen molar-refractivity contribution in [2.75, 3.05) is 5.75 Å². The van der Waals surface area contributed by atoms with Gasteiger partial charge in [-0.3, -0.25) is 20.4 Å². The highest BCUT2D eigenvalue weighted by Gasteiger charge is 2.15. The summed E-state index contributed by atoms with van der Waals surface area (Å²) < 4.78 is 0. The van der Waals surface area contributed by atoms with Crippen molar-refractivity contribution in [3.8, 4) is 0 Å². The Bertz CT molecular complexity index is 727. The minimum atomic E-state index is -0.305. The second-order valence-corrected chi connectivity index (χ2v) is 6.95. The molecule has 2 N–H and O–H groups in total. The molecule has 2 rings (SSSR count). The standard InChI is InChI=1S/C14H18N4O2S2/c1-5-10-15-13(21-6-11(20)18-17-9(4)19)12-7(2)8(3)22-14(12)16-10/h5-6H2,1-4H3,(H,17,19)(H,18,20). The normalized spacial score (nSPS) is 10.7. The number of carbonyl (C=O) groups excluding carboxylic acids is 2. The van der Waals surface area contributed by atoms with Gasteiger partial charge < -0.3 is 0 Å². The number of thioether (sulfide) groups is 1. The monoisotopic (exact) mass is 338 g/mol. The van der Waals surface area contributed by atoms with Gasteiger partial charge in [-0.15, -0.1) is 11.3 Å². The number of aryl methyl sites for hydroxylation is 3. The SMILES string of the molecule is CCc1nc(SCC(=O)NNC(C)=O)c2c(C)c(C)sc2n1. The summed E-state index contributed by atoms with van der Waals surface area (Å²) in [5, 5.41) is 1.85. The molecule has 6 nitrogen and oxygen atoms in total. The molecule has 2 aromatic heterocycles. The number of hydrogen-bond acceptors (Lipinski definition) is 6. The molecular formula is C14H18N4O2S2. The molecule has 0 aliphatic rings. The van der Waals surface area contributed by atoms with E-state index in [1.807, 2.05) is 13.8 Å². The van der Waals surface area contributed by atoms with Crippen molar-refractivity contribution in [2.24, 2.45) is 0 Å². The lowest BCUT2D eigenvalue weighted by Gasteiger charge is -2.07. The summed E-state index contributed by atoms with van der Waals surface area (Å²) in [5.74, 6) is 0.387. The molecule has 0 aromatic carbocycles. The third kappa shape index (κ3) is 3.75. The van der Waals surface area contributed by atoms with Crippen LogP contribution in [0.15, 0.2) is 5.03 Å². The van der Waals surface area contributed by atoms with Crippen molar-refractivity contribution in [1.82, 2.24) is 20.8 Å². The van der Waals surface area contributed by atoms with Crippen LogP contribution >= 0.6 is 23.1 Å². The zero-order valence-corrected chi connectivity index (χ0v) is 14.6. The van der Waals surface area contributed by atoms with Crippen LogP contribution in [-0.2, 0) is 16.0 Å². The number of hydrogen-bond donors (Lipinski definition) is 2. The fourth-order valence-corrected chi connectivity index (χ4v) is 3.86. The molecule has 2 amide bonds. The second-order valence-electron chi connectivity index (χ2n) is 4.78. The Hall–Kier alpha value is -1.67. The van der Waals surface area contributed by atoms with Gasteiger partial charge in [0.25, 0.3) is 0 Å². The number of nitrogens with one attached hydrogen (secondary N) is 2. The fourth-order valence-electron chi connectivity index (χ4n) is 1.85. The molecule has 0 radical (unpaired) electrons. The van der Waals surface area contributed by atoms with Crippen LogP contribution in [0.4, 0.5) is 0 Å². The van der Waals surface area contributed by atoms with Gasteiger partial charge >= 0.3 is 0 Å². The number of fused-ring (bicyclic) bond motifs is 1. The zero-order chi connectivity index (χ0) is 16.3. The van der Waals surface area contributed by atoms with Crippen LogP contribution in [-0.4, -0.2) is 27.5 Å². The highest BCUT2D eigenvalue weighted by molar-refractivity contribution is 8.00. The van der Waals surface area contributed by atoms with Gasteiger partial charge in [0, 0.05) is 23.6 Å². The molecule has 2 aromatic rings. The van der Waals surface area contributed by atoms with E-state index in [-0.39, 0.29) is 17.6 Å². The summed E-state index contributed by atoms with van der Waals surface area (Å²) in [7, 11) is 0. The smallest absolute Gasteiger partial charge is 0.248 e. The number of thiophene rings is 1. The van der Waals surface area contributed by atoms with Crippen molar-refractivity contribution < 1.29 is 9.59 Å². The van der Waals surface area contributed by atoms with Gasteiger partial charge in [-0.1, -0.05) is 18.7 Å². The molecule has 118 valence electrons. The van der Waals surface area contributed by atoms with Crippen molar-refractivity contribution >= 4 is 45.1 Å². The van der Waals surface area contributed by atoms with E-state index in [2.05, 4.69) is 27.7 Å². The molecule has 0 unspecified atom stereocenters. The maximum absolute atomic E-state index is 11.7. The van der Waals surface area contributed by atoms with E-state index in [1.54, 1.807) is 11.3 Å². The number of amides is 2. The Labute approximate surface area is 137 Å². The van der Waals surface area contributed by atoms with Gasteiger partial charge in [0.05, 0.1) is 5.75 Å². The van der Waals surface area contributed by atoms with Gasteiger partial charge in [-0.05, 0) is 19.4 Å². The fraction of sp³-hybridized carbons (Fsp3) is 0.429. The number of carbonyl (C=O) groups is 2. The molecule has 0 fully saturated rings. The Morgan fingerprint density at radius 1 is 1.23 bits per heavy atom. The van der Waals surface area contributed by atoms with Crippen LogP contribution < -0.4 is 10.9 Å². The summed E-state index contributed by atoms with van der Waals surface area (Å²) in [6.45, 7) is 7.45. The first-order chi connectivity index (χ1) is 10.4. The predicted octanol–water partition coefficient (Wildman–Crippen LogP) is 2.13. The zero-order valence-electron chi connectivity index (χ0n) is 12.9. The van der Waals surface area contributed by atoms with Gasteiger partial charge in [0.1, 0.15) is 15.7 Å². The van der Waals surface area contributed by atoms with Gasteiger partial charge in [0.15, 0.2) is 0 Å². The predicted molar refractivity (Wildman–Crippen MR) is 89.0 cm³/mol. The molecule has 0 bridgehead atoms. The first-order valence-electron chi connectivity index (χ1n) is 6.87. The average Bonchev–Trinajstić information content (AvgIpc) is 2.77. The van der Waals surface area contributed by atoms with E-state index < -0.39 is 0 Å². The van der Waals surface area contributed by atoms with E-state index in [1.165, 1.54) is 23.6 Å². The quantitative estimate of drug-likeness (QED) is 0.507. The molecule has 0 aliphatic carbocycles. The van der Waals surface area contributed by atoms with Crippen LogP contribution in [0.5, 0.6) is 0 Å². The Morgan fingerprint density at radius 2 is 1.95 bits per heavy atom. The minimum Gasteiger partial charge on any atom is -0.274 e. The summed E-state index contributed by atoms with van der Waals surface area (Å²) in [5.41, 5.74) is 5.78. The van der Waals surface area contributed by atoms with Gasteiger partial charge in [-0.2, -0.15) is 0 Å². The summed E-state index contributed by atoms with van der Waals surface area (Å²) in [6.07, 6.45) is 0.748. The molecule has 0 spiro atoms. The lowest BCUT2D eigenvalue weighted by Crippen LogP contribution is -2.41. The molecule has 0 atom stereocenters. The van der Waals surface area contributed by atoms with Crippen molar-refractivity contribution in [1.29, 1.82) is 0 Å². The second kappa shape index (κ2) is 7.06. The topological polar surface area (TPSA) is 84.0 Å². The van der Waals surface area contributed by atoms with E-state index in [9.17, 15) is 9.59 Å². The van der Waals surface area contributed by atoms with E-state index in [0.29, 0.717) is 0 Å². The summed E-state index contributed by atoms with van der Waals surface area (Å²) >= 11 is 3.01. The summed E-state index contributed by atoms with van der Waals surface area (Å²) in [4.78, 5) is 33.8. The third-order valence-electron chi connectivity index (χ3n) is 3.08. The lowest BCUT2D eigenvalue weighted by molar-refractivity contribution is -0.126. The molecule has 2 heterocycles. The van der Waals surface area contributed by atoms with Crippen molar-refractivity contribution in [3.05, 3.63) is 16.3 Å². The van der Waals surface area contributed by atoms with Crippen LogP contribution in [0.1, 0.15) is 30.1 Å². The Kier molecular flexibility index (Phi) is 5.36. The van der Waals surface area contributed by atoms with E-state index >= 15 is 0 Å². The Morgan fingerprint density at radius 3 is 2.59 bits per heavy atom. The maximum Gasteiger partial charge on any atom is 0.248 e. The molecule has 22 heavy (non-hydrogen) atoms. The first kappa shape index (κ1) is 16.7. The largest absolute Gasteiger partial charge is 0.274 e. The maximum atomic E-state index is 11.7. The first-order valence-corrected chi connectivity index (χ1v) is 8.67. The van der Waals surface area contributed by atoms with Crippen LogP contribution in [0.25, 0.3) is 10.2 Å². The highest BCUT2D eigenvalue weighted by atomic mass is 32.2. The van der Waals surface area contributed by atoms with E-state index in [4.69, 9.17) is 0 Å². The number of aromatic nitrogens is 2. The van der Waals surface area contributed by atoms with E-state index in [0.717, 1.165) is 33.1 Å². The number of nitrogens with zero attached hydrogens (tertiary/aromatic N) is 2. The van der Waals surface area contributed by atoms with Gasteiger partial charge in [-0.25, -0.2) is 9.97 Å². The highest BCUT2D eigenvalue weighted by Crippen LogP contribution is 2.35. The van der Waals surface area contributed by atoms with Crippen molar-refractivity contribution in [2.45, 2.75) is 39.1 Å². The third-order valence-corrected chi connectivity index (χ3v) is 5.15. The summed E-state index contributed by atoms with van der Waals surface area (Å²) in [6, 6.07) is 0. The molecule has 0 saturated carbocycles. The number of hydrazine groups is 1. The van der Waals surface area contributed by atoms with Crippen LogP contribution in [0.3, 0.4) is 0 Å².